The molecule has 0 aromatic rings. The van der Waals surface area contributed by atoms with Gasteiger partial charge in [0.15, 0.2) is 0 Å². The number of amides is 1. The molecule has 8 nitrogen and oxygen atoms in total. The van der Waals surface area contributed by atoms with E-state index in [1.807, 2.05) is 21.1 Å². The van der Waals surface area contributed by atoms with Crippen LogP contribution >= 0.6 is 7.82 Å². The fraction of sp³-hybridized carbons (Fsp3) is 0.952. The Labute approximate surface area is 443 Å². The van der Waals surface area contributed by atoms with Crippen molar-refractivity contribution in [2.75, 3.05) is 40.9 Å². The first kappa shape index (κ1) is 70.2. The summed E-state index contributed by atoms with van der Waals surface area (Å²) in [7, 11) is 1.63. The van der Waals surface area contributed by atoms with Crippen molar-refractivity contribution in [3.05, 3.63) is 12.2 Å². The van der Waals surface area contributed by atoms with Gasteiger partial charge in [-0.05, 0) is 38.5 Å². The Morgan fingerprint density at radius 2 is 0.761 bits per heavy atom. The molecule has 0 saturated carbocycles. The van der Waals surface area contributed by atoms with Gasteiger partial charge in [0.2, 0.25) is 5.91 Å². The average molecular weight is 1030 g/mol. The van der Waals surface area contributed by atoms with E-state index in [1.165, 1.54) is 263 Å². The highest BCUT2D eigenvalue weighted by atomic mass is 31.2. The number of likely N-dealkylation sites (N-methyl/N-ethyl adjacent to an activating group) is 1. The molecule has 3 atom stereocenters. The van der Waals surface area contributed by atoms with E-state index in [0.717, 1.165) is 38.5 Å². The summed E-state index contributed by atoms with van der Waals surface area (Å²) in [5.74, 6) is -0.138. The third-order valence-electron chi connectivity index (χ3n) is 14.8. The fourth-order valence-electron chi connectivity index (χ4n) is 9.81. The molecule has 1 amide bonds. The molecule has 0 spiro atoms. The first-order chi connectivity index (χ1) is 34.5. The van der Waals surface area contributed by atoms with Crippen LogP contribution in [0.3, 0.4) is 0 Å². The number of phosphoric ester groups is 1. The molecule has 0 saturated heterocycles. The molecule has 3 N–H and O–H groups in total. The van der Waals surface area contributed by atoms with Crippen molar-refractivity contribution >= 4 is 13.7 Å². The number of quaternary nitrogens is 1. The molecular weight excluding hydrogens is 900 g/mol. The Kier molecular flexibility index (Phi) is 53.5. The molecule has 0 aliphatic carbocycles. The summed E-state index contributed by atoms with van der Waals surface area (Å²) in [6.45, 7) is 4.92. The summed E-state index contributed by atoms with van der Waals surface area (Å²) in [4.78, 5) is 23.3. The van der Waals surface area contributed by atoms with Crippen molar-refractivity contribution in [1.29, 1.82) is 0 Å². The lowest BCUT2D eigenvalue weighted by molar-refractivity contribution is -0.870. The minimum absolute atomic E-state index is 0.0781. The Morgan fingerprint density at radius 3 is 1.08 bits per heavy atom. The van der Waals surface area contributed by atoms with Gasteiger partial charge in [-0.25, -0.2) is 4.57 Å². The molecule has 424 valence electrons. The molecule has 0 aliphatic heterocycles. The number of rotatable bonds is 59. The number of aliphatic hydroxyl groups excluding tert-OH is 1. The lowest BCUT2D eigenvalue weighted by atomic mass is 10.0. The summed E-state index contributed by atoms with van der Waals surface area (Å²) in [5.41, 5.74) is 0. The van der Waals surface area contributed by atoms with E-state index in [-0.39, 0.29) is 19.1 Å². The highest BCUT2D eigenvalue weighted by Crippen LogP contribution is 2.43. The maximum Gasteiger partial charge on any atom is 0.472 e. The Hall–Kier alpha value is -0.760. The van der Waals surface area contributed by atoms with E-state index >= 15 is 0 Å². The lowest BCUT2D eigenvalue weighted by Gasteiger charge is -2.26. The van der Waals surface area contributed by atoms with E-state index in [9.17, 15) is 19.4 Å². The first-order valence-electron chi connectivity index (χ1n) is 31.6. The minimum Gasteiger partial charge on any atom is -0.391 e. The van der Waals surface area contributed by atoms with Crippen molar-refractivity contribution in [1.82, 2.24) is 5.32 Å². The zero-order chi connectivity index (χ0) is 52.0. The van der Waals surface area contributed by atoms with Crippen molar-refractivity contribution in [3.8, 4) is 0 Å². The molecule has 0 bridgehead atoms. The lowest BCUT2D eigenvalue weighted by Crippen LogP contribution is -2.46. The van der Waals surface area contributed by atoms with E-state index in [1.54, 1.807) is 0 Å². The van der Waals surface area contributed by atoms with E-state index in [0.29, 0.717) is 23.9 Å². The van der Waals surface area contributed by atoms with Crippen LogP contribution in [0.25, 0.3) is 0 Å². The normalized spacial score (nSPS) is 13.8. The SMILES string of the molecule is CCCCCCCCCC/C=C\CCCCCCCCCCCCCCCCCCCCCCCCCCCC(=O)NC(COP(=O)(O)OCC[N+](C)(C)C)C(O)CCCCCCCCCCCCCC. The highest BCUT2D eigenvalue weighted by Gasteiger charge is 2.28. The van der Waals surface area contributed by atoms with Gasteiger partial charge in [0.05, 0.1) is 39.9 Å². The zero-order valence-electron chi connectivity index (χ0n) is 48.5. The largest absolute Gasteiger partial charge is 0.472 e. The number of allylic oxidation sites excluding steroid dienone is 2. The second kappa shape index (κ2) is 54.0. The number of unbranched alkanes of at least 4 members (excludes halogenated alkanes) is 44. The molecule has 0 aromatic heterocycles. The number of phosphoric acid groups is 1. The van der Waals surface area contributed by atoms with Crippen LogP contribution < -0.4 is 5.32 Å². The number of carbonyl (C=O) groups excluding carboxylic acids is 1. The van der Waals surface area contributed by atoms with Gasteiger partial charge in [0.1, 0.15) is 13.2 Å². The predicted octanol–water partition coefficient (Wildman–Crippen LogP) is 19.4. The molecule has 0 rings (SSSR count). The highest BCUT2D eigenvalue weighted by molar-refractivity contribution is 7.47. The van der Waals surface area contributed by atoms with Crippen molar-refractivity contribution in [3.63, 3.8) is 0 Å². The topological polar surface area (TPSA) is 105 Å². The van der Waals surface area contributed by atoms with E-state index in [4.69, 9.17) is 9.05 Å². The van der Waals surface area contributed by atoms with Gasteiger partial charge < -0.3 is 19.8 Å². The molecule has 0 aliphatic rings. The van der Waals surface area contributed by atoms with Gasteiger partial charge in [-0.2, -0.15) is 0 Å². The van der Waals surface area contributed by atoms with Crippen LogP contribution in [0.2, 0.25) is 0 Å². The maximum absolute atomic E-state index is 13.0. The predicted molar refractivity (Wildman–Crippen MR) is 309 cm³/mol. The van der Waals surface area contributed by atoms with Crippen LogP contribution in [0.4, 0.5) is 0 Å². The quantitative estimate of drug-likeness (QED) is 0.0243. The standard InChI is InChI=1S/C62H125N2O6P/c1-6-8-10-12-14-16-18-20-21-22-23-24-25-26-27-28-29-30-31-32-33-34-35-36-37-38-39-40-41-42-43-44-46-48-50-52-54-56-62(66)63-60(59-70-71(67,68)69-58-57-64(3,4)5)61(65)55-53-51-49-47-45-19-17-15-13-11-9-7-2/h22-23,60-61,65H,6-21,24-59H2,1-5H3,(H-,63,66,67,68)/p+1/b23-22-. The molecule has 0 radical (unpaired) electrons. The molecule has 3 unspecified atom stereocenters. The van der Waals surface area contributed by atoms with Crippen LogP contribution in [-0.2, 0) is 18.4 Å². The summed E-state index contributed by atoms with van der Waals surface area (Å²) in [5, 5.41) is 14.0. The summed E-state index contributed by atoms with van der Waals surface area (Å²) in [6.07, 6.45) is 67.4. The number of hydrogen-bond donors (Lipinski definition) is 3. The van der Waals surface area contributed by atoms with Crippen molar-refractivity contribution < 1.29 is 32.9 Å². The van der Waals surface area contributed by atoms with Crippen molar-refractivity contribution in [2.45, 2.75) is 341 Å². The van der Waals surface area contributed by atoms with Gasteiger partial charge in [0, 0.05) is 6.42 Å². The molecule has 0 fully saturated rings. The van der Waals surface area contributed by atoms with Crippen LogP contribution in [0.15, 0.2) is 12.2 Å². The number of nitrogens with zero attached hydrogens (tertiary/aromatic N) is 1. The number of carbonyl (C=O) groups is 1. The third kappa shape index (κ3) is 56.8. The molecule has 9 heteroatoms. The first-order valence-corrected chi connectivity index (χ1v) is 33.0. The van der Waals surface area contributed by atoms with Crippen LogP contribution in [-0.4, -0.2) is 73.4 Å². The van der Waals surface area contributed by atoms with Crippen molar-refractivity contribution in [2.24, 2.45) is 0 Å². The second-order valence-electron chi connectivity index (χ2n) is 23.1. The number of aliphatic hydroxyl groups is 1. The summed E-state index contributed by atoms with van der Waals surface area (Å²) < 4.78 is 23.7. The van der Waals surface area contributed by atoms with Crippen LogP contribution in [0.1, 0.15) is 328 Å². The summed E-state index contributed by atoms with van der Waals surface area (Å²) >= 11 is 0. The van der Waals surface area contributed by atoms with E-state index < -0.39 is 20.0 Å². The van der Waals surface area contributed by atoms with Gasteiger partial charge in [-0.3, -0.25) is 13.8 Å². The molecular formula is C62H126N2O6P+. The van der Waals surface area contributed by atoms with Gasteiger partial charge >= 0.3 is 7.82 Å². The second-order valence-corrected chi connectivity index (χ2v) is 24.6. The Bertz CT molecular complexity index is 1160. The smallest absolute Gasteiger partial charge is 0.391 e. The number of nitrogens with one attached hydrogen (secondary N) is 1. The van der Waals surface area contributed by atoms with Crippen LogP contribution in [0.5, 0.6) is 0 Å². The fourth-order valence-corrected chi connectivity index (χ4v) is 10.5. The van der Waals surface area contributed by atoms with Crippen LogP contribution in [0, 0.1) is 0 Å². The number of hydrogen-bond acceptors (Lipinski definition) is 5. The van der Waals surface area contributed by atoms with Gasteiger partial charge in [0.25, 0.3) is 0 Å². The minimum atomic E-state index is -4.31. The zero-order valence-corrected chi connectivity index (χ0v) is 49.4. The molecule has 0 aromatic carbocycles. The molecule has 0 heterocycles. The summed E-state index contributed by atoms with van der Waals surface area (Å²) in [6, 6.07) is -0.755. The maximum atomic E-state index is 13.0. The monoisotopic (exact) mass is 1030 g/mol. The third-order valence-corrected chi connectivity index (χ3v) is 15.7. The molecule has 71 heavy (non-hydrogen) atoms. The van der Waals surface area contributed by atoms with Gasteiger partial charge in [-0.1, -0.05) is 296 Å². The average Bonchev–Trinajstić information content (AvgIpc) is 3.33. The van der Waals surface area contributed by atoms with E-state index in [2.05, 4.69) is 31.3 Å². The Balaban J connectivity index is 3.83. The van der Waals surface area contributed by atoms with Gasteiger partial charge in [-0.15, -0.1) is 0 Å². The Morgan fingerprint density at radius 1 is 0.465 bits per heavy atom.